The molecule has 1 saturated heterocycles. The lowest BCUT2D eigenvalue weighted by Crippen LogP contribution is -2.57. The number of carboxylic acid groups (broad SMARTS) is 1. The van der Waals surface area contributed by atoms with Crippen molar-refractivity contribution in [1.82, 2.24) is 9.80 Å². The highest BCUT2D eigenvalue weighted by atomic mass is 16.4. The van der Waals surface area contributed by atoms with E-state index >= 15 is 0 Å². The molecule has 2 aliphatic heterocycles. The van der Waals surface area contributed by atoms with Crippen LogP contribution in [0.15, 0.2) is 24.3 Å². The monoisotopic (exact) mass is 330 g/mol. The standard InChI is InChI=1S/C17H18N2O5/c1-9-7-18(17(23)24)10(2)13(14(9)20)8-19-15(21)11-5-3-4-6-12(11)16(19)22/h3-6,9-10,13H,7-8H2,1-2H3,(H,23,24)/t9-,10-,13+/m0/s1. The van der Waals surface area contributed by atoms with Crippen LogP contribution in [0.2, 0.25) is 0 Å². The number of amides is 3. The molecule has 0 aromatic heterocycles. The minimum atomic E-state index is -1.10. The first-order valence-corrected chi connectivity index (χ1v) is 7.81. The largest absolute Gasteiger partial charge is 0.465 e. The number of benzene rings is 1. The summed E-state index contributed by atoms with van der Waals surface area (Å²) < 4.78 is 0. The summed E-state index contributed by atoms with van der Waals surface area (Å²) in [6, 6.07) is 5.92. The van der Waals surface area contributed by atoms with E-state index in [9.17, 15) is 24.3 Å². The Bertz CT molecular complexity index is 709. The summed E-state index contributed by atoms with van der Waals surface area (Å²) >= 11 is 0. The molecule has 2 heterocycles. The number of hydrogen-bond donors (Lipinski definition) is 1. The number of carbonyl (C=O) groups is 4. The van der Waals surface area contributed by atoms with Crippen molar-refractivity contribution in [3.8, 4) is 0 Å². The molecule has 0 saturated carbocycles. The van der Waals surface area contributed by atoms with Crippen LogP contribution in [0.1, 0.15) is 34.6 Å². The third kappa shape index (κ3) is 2.36. The lowest BCUT2D eigenvalue weighted by atomic mass is 9.83. The number of likely N-dealkylation sites (tertiary alicyclic amines) is 1. The van der Waals surface area contributed by atoms with Gasteiger partial charge >= 0.3 is 6.09 Å². The Kier molecular flexibility index (Phi) is 3.87. The van der Waals surface area contributed by atoms with Gasteiger partial charge in [-0.05, 0) is 19.1 Å². The molecule has 0 bridgehead atoms. The second-order valence-electron chi connectivity index (χ2n) is 6.35. The molecule has 0 aliphatic carbocycles. The van der Waals surface area contributed by atoms with Crippen LogP contribution in [0.25, 0.3) is 0 Å². The van der Waals surface area contributed by atoms with Crippen molar-refractivity contribution in [1.29, 1.82) is 0 Å². The molecule has 3 amide bonds. The zero-order chi connectivity index (χ0) is 17.6. The fourth-order valence-electron chi connectivity index (χ4n) is 3.47. The van der Waals surface area contributed by atoms with Crippen LogP contribution in [0.4, 0.5) is 4.79 Å². The van der Waals surface area contributed by atoms with Crippen LogP contribution in [-0.4, -0.2) is 57.7 Å². The first-order chi connectivity index (χ1) is 11.3. The Balaban J connectivity index is 1.87. The molecule has 3 atom stereocenters. The lowest BCUT2D eigenvalue weighted by molar-refractivity contribution is -0.132. The van der Waals surface area contributed by atoms with Gasteiger partial charge in [0.2, 0.25) is 0 Å². The third-order valence-corrected chi connectivity index (χ3v) is 4.90. The molecule has 1 aromatic carbocycles. The second-order valence-corrected chi connectivity index (χ2v) is 6.35. The van der Waals surface area contributed by atoms with Crippen molar-refractivity contribution in [2.24, 2.45) is 11.8 Å². The molecule has 7 heteroatoms. The highest BCUT2D eigenvalue weighted by Crippen LogP contribution is 2.29. The molecule has 24 heavy (non-hydrogen) atoms. The maximum atomic E-state index is 12.5. The predicted molar refractivity (Wildman–Crippen MR) is 83.7 cm³/mol. The summed E-state index contributed by atoms with van der Waals surface area (Å²) in [7, 11) is 0. The highest BCUT2D eigenvalue weighted by Gasteiger charge is 2.45. The minimum absolute atomic E-state index is 0.0968. The number of piperidine rings is 1. The predicted octanol–water partition coefficient (Wildman–Crippen LogP) is 1.49. The van der Waals surface area contributed by atoms with E-state index in [4.69, 9.17) is 0 Å². The van der Waals surface area contributed by atoms with Crippen molar-refractivity contribution in [3.05, 3.63) is 35.4 Å². The first-order valence-electron chi connectivity index (χ1n) is 7.81. The first kappa shape index (κ1) is 16.2. The van der Waals surface area contributed by atoms with E-state index in [0.29, 0.717) is 11.1 Å². The number of nitrogens with zero attached hydrogens (tertiary/aromatic N) is 2. The van der Waals surface area contributed by atoms with Crippen LogP contribution in [0.5, 0.6) is 0 Å². The Hall–Kier alpha value is -2.70. The Morgan fingerprint density at radius 1 is 1.12 bits per heavy atom. The quantitative estimate of drug-likeness (QED) is 0.829. The fourth-order valence-corrected chi connectivity index (χ4v) is 3.47. The molecule has 1 fully saturated rings. The second kappa shape index (κ2) is 5.74. The van der Waals surface area contributed by atoms with Gasteiger partial charge < -0.3 is 10.0 Å². The molecule has 0 unspecified atom stereocenters. The highest BCUT2D eigenvalue weighted by molar-refractivity contribution is 6.21. The maximum Gasteiger partial charge on any atom is 0.407 e. The molecule has 0 radical (unpaired) electrons. The zero-order valence-electron chi connectivity index (χ0n) is 13.4. The summed E-state index contributed by atoms with van der Waals surface area (Å²) in [4.78, 5) is 51.1. The van der Waals surface area contributed by atoms with Crippen LogP contribution < -0.4 is 0 Å². The smallest absolute Gasteiger partial charge is 0.407 e. The van der Waals surface area contributed by atoms with Gasteiger partial charge in [0.1, 0.15) is 5.78 Å². The van der Waals surface area contributed by atoms with Crippen LogP contribution in [-0.2, 0) is 4.79 Å². The summed E-state index contributed by atoms with van der Waals surface area (Å²) in [6.45, 7) is 3.34. The van der Waals surface area contributed by atoms with E-state index in [0.717, 1.165) is 4.90 Å². The number of fused-ring (bicyclic) bond motifs is 1. The molecular weight excluding hydrogens is 312 g/mol. The number of hydrogen-bond acceptors (Lipinski definition) is 4. The molecule has 2 aliphatic rings. The van der Waals surface area contributed by atoms with E-state index in [-0.39, 0.29) is 18.9 Å². The number of carbonyl (C=O) groups excluding carboxylic acids is 3. The number of Topliss-reactive ketones (excluding diaryl/α,β-unsaturated/α-hetero) is 1. The molecule has 126 valence electrons. The summed E-state index contributed by atoms with van der Waals surface area (Å²) in [5.41, 5.74) is 0.642. The van der Waals surface area contributed by atoms with Crippen molar-refractivity contribution >= 4 is 23.7 Å². The van der Waals surface area contributed by atoms with E-state index in [2.05, 4.69) is 0 Å². The van der Waals surface area contributed by atoms with Gasteiger partial charge in [0.05, 0.1) is 17.0 Å². The topological polar surface area (TPSA) is 95.0 Å². The van der Waals surface area contributed by atoms with E-state index in [1.165, 1.54) is 4.90 Å². The van der Waals surface area contributed by atoms with Crippen molar-refractivity contribution in [2.45, 2.75) is 19.9 Å². The van der Waals surface area contributed by atoms with E-state index < -0.39 is 35.8 Å². The van der Waals surface area contributed by atoms with Gasteiger partial charge in [-0.15, -0.1) is 0 Å². The van der Waals surface area contributed by atoms with Crippen molar-refractivity contribution < 1.29 is 24.3 Å². The van der Waals surface area contributed by atoms with E-state index in [1.807, 2.05) is 0 Å². The lowest BCUT2D eigenvalue weighted by Gasteiger charge is -2.40. The summed E-state index contributed by atoms with van der Waals surface area (Å²) in [5.74, 6) is -2.16. The Labute approximate surface area is 138 Å². The van der Waals surface area contributed by atoms with E-state index in [1.54, 1.807) is 38.1 Å². The number of rotatable bonds is 2. The van der Waals surface area contributed by atoms with Crippen LogP contribution >= 0.6 is 0 Å². The molecule has 7 nitrogen and oxygen atoms in total. The SMILES string of the molecule is C[C@H]1CN(C(=O)O)[C@@H](C)[C@@H](CN2C(=O)c3ccccc3C2=O)C1=O. The van der Waals surface area contributed by atoms with Gasteiger partial charge in [0.15, 0.2) is 0 Å². The third-order valence-electron chi connectivity index (χ3n) is 4.90. The molecule has 0 spiro atoms. The van der Waals surface area contributed by atoms with Gasteiger partial charge in [-0.2, -0.15) is 0 Å². The van der Waals surface area contributed by atoms with Gasteiger partial charge in [-0.25, -0.2) is 4.79 Å². The van der Waals surface area contributed by atoms with Gasteiger partial charge in [0, 0.05) is 25.0 Å². The number of imide groups is 1. The Morgan fingerprint density at radius 2 is 1.67 bits per heavy atom. The fraction of sp³-hybridized carbons (Fsp3) is 0.412. The molecule has 1 aromatic rings. The number of ketones is 1. The molecule has 3 rings (SSSR count). The summed E-state index contributed by atoms with van der Waals surface area (Å²) in [5, 5.41) is 9.30. The minimum Gasteiger partial charge on any atom is -0.465 e. The molecule has 1 N–H and O–H groups in total. The van der Waals surface area contributed by atoms with Crippen molar-refractivity contribution in [3.63, 3.8) is 0 Å². The van der Waals surface area contributed by atoms with Gasteiger partial charge in [0.25, 0.3) is 11.8 Å². The van der Waals surface area contributed by atoms with Gasteiger partial charge in [-0.3, -0.25) is 19.3 Å². The van der Waals surface area contributed by atoms with Crippen molar-refractivity contribution in [2.75, 3.05) is 13.1 Å². The zero-order valence-corrected chi connectivity index (χ0v) is 13.4. The average Bonchev–Trinajstić information content (AvgIpc) is 2.79. The Morgan fingerprint density at radius 3 is 2.17 bits per heavy atom. The molecular formula is C17H18N2O5. The van der Waals surface area contributed by atoms with Crippen LogP contribution in [0, 0.1) is 11.8 Å². The van der Waals surface area contributed by atoms with Gasteiger partial charge in [-0.1, -0.05) is 19.1 Å². The normalized spacial score (nSPS) is 26.8. The van der Waals surface area contributed by atoms with Crippen LogP contribution in [0.3, 0.4) is 0 Å². The summed E-state index contributed by atoms with van der Waals surface area (Å²) in [6.07, 6.45) is -1.10. The average molecular weight is 330 g/mol. The maximum absolute atomic E-state index is 12.5.